The number of aromatic nitrogens is 2. The minimum atomic E-state index is -0.791. The maximum Gasteiger partial charge on any atom is 0.407 e. The molecule has 0 bridgehead atoms. The summed E-state index contributed by atoms with van der Waals surface area (Å²) in [5.74, 6) is 0. The van der Waals surface area contributed by atoms with Crippen LogP contribution in [0.1, 0.15) is 43.8 Å². The minimum absolute atomic E-state index is 0.0995. The van der Waals surface area contributed by atoms with Crippen molar-refractivity contribution in [3.8, 4) is 0 Å². The Labute approximate surface area is 113 Å². The third-order valence-electron chi connectivity index (χ3n) is 2.74. The van der Waals surface area contributed by atoms with Gasteiger partial charge in [0, 0.05) is 18.3 Å². The lowest BCUT2D eigenvalue weighted by molar-refractivity contribution is 0.0491. The SMILES string of the molecule is Cc1nn(C)c(C)c1C(O)CNC(=O)OC(C)(C)C. The number of nitrogens with zero attached hydrogens (tertiary/aromatic N) is 2. The van der Waals surface area contributed by atoms with Gasteiger partial charge in [-0.2, -0.15) is 5.10 Å². The number of hydrogen-bond donors (Lipinski definition) is 2. The molecule has 1 aromatic heterocycles. The van der Waals surface area contributed by atoms with Crippen LogP contribution in [0.2, 0.25) is 0 Å². The average molecular weight is 269 g/mol. The Morgan fingerprint density at radius 3 is 2.47 bits per heavy atom. The van der Waals surface area contributed by atoms with Crippen LogP contribution in [-0.2, 0) is 11.8 Å². The second-order valence-electron chi connectivity index (χ2n) is 5.61. The normalized spacial score (nSPS) is 13.2. The van der Waals surface area contributed by atoms with Crippen LogP contribution in [0.5, 0.6) is 0 Å². The zero-order valence-corrected chi connectivity index (χ0v) is 12.4. The number of carbonyl (C=O) groups excluding carboxylic acids is 1. The second-order valence-corrected chi connectivity index (χ2v) is 5.61. The number of carbonyl (C=O) groups is 1. The maximum absolute atomic E-state index is 11.5. The Balaban J connectivity index is 2.61. The molecule has 1 aromatic rings. The molecule has 1 rings (SSSR count). The number of amides is 1. The third-order valence-corrected chi connectivity index (χ3v) is 2.74. The molecule has 1 atom stereocenters. The van der Waals surface area contributed by atoms with Crippen molar-refractivity contribution in [1.82, 2.24) is 15.1 Å². The van der Waals surface area contributed by atoms with Gasteiger partial charge in [-0.1, -0.05) is 0 Å². The molecular formula is C13H23N3O3. The van der Waals surface area contributed by atoms with Crippen LogP contribution >= 0.6 is 0 Å². The van der Waals surface area contributed by atoms with Gasteiger partial charge in [0.05, 0.1) is 18.3 Å². The average Bonchev–Trinajstić information content (AvgIpc) is 2.47. The molecule has 1 heterocycles. The van der Waals surface area contributed by atoms with Gasteiger partial charge in [0.1, 0.15) is 5.60 Å². The molecule has 0 aromatic carbocycles. The van der Waals surface area contributed by atoms with Gasteiger partial charge in [-0.3, -0.25) is 4.68 Å². The largest absolute Gasteiger partial charge is 0.444 e. The van der Waals surface area contributed by atoms with E-state index in [1.807, 2.05) is 20.9 Å². The smallest absolute Gasteiger partial charge is 0.407 e. The number of rotatable bonds is 3. The van der Waals surface area contributed by atoms with Crippen LogP contribution in [0.15, 0.2) is 0 Å². The second kappa shape index (κ2) is 5.61. The molecule has 0 aliphatic rings. The van der Waals surface area contributed by atoms with Gasteiger partial charge in [0.25, 0.3) is 0 Å². The zero-order chi connectivity index (χ0) is 14.8. The highest BCUT2D eigenvalue weighted by molar-refractivity contribution is 5.67. The number of alkyl carbamates (subject to hydrolysis) is 1. The summed E-state index contributed by atoms with van der Waals surface area (Å²) in [6.45, 7) is 9.18. The quantitative estimate of drug-likeness (QED) is 0.873. The number of hydrogen-bond acceptors (Lipinski definition) is 4. The first kappa shape index (κ1) is 15.5. The summed E-state index contributed by atoms with van der Waals surface area (Å²) in [7, 11) is 1.82. The molecule has 1 unspecified atom stereocenters. The first-order valence-corrected chi connectivity index (χ1v) is 6.27. The van der Waals surface area contributed by atoms with E-state index in [1.165, 1.54) is 0 Å². The van der Waals surface area contributed by atoms with E-state index in [2.05, 4.69) is 10.4 Å². The maximum atomic E-state index is 11.5. The van der Waals surface area contributed by atoms with Crippen molar-refractivity contribution in [2.75, 3.05) is 6.54 Å². The summed E-state index contributed by atoms with van der Waals surface area (Å²) < 4.78 is 6.82. The van der Waals surface area contributed by atoms with E-state index in [4.69, 9.17) is 4.74 Å². The molecule has 0 saturated carbocycles. The highest BCUT2D eigenvalue weighted by Gasteiger charge is 2.20. The van der Waals surface area contributed by atoms with E-state index in [-0.39, 0.29) is 6.54 Å². The molecule has 19 heavy (non-hydrogen) atoms. The van der Waals surface area contributed by atoms with Crippen molar-refractivity contribution in [1.29, 1.82) is 0 Å². The van der Waals surface area contributed by atoms with Crippen LogP contribution in [0.25, 0.3) is 0 Å². The highest BCUT2D eigenvalue weighted by Crippen LogP contribution is 2.20. The highest BCUT2D eigenvalue weighted by atomic mass is 16.6. The van der Waals surface area contributed by atoms with E-state index in [9.17, 15) is 9.90 Å². The molecule has 108 valence electrons. The molecule has 0 radical (unpaired) electrons. The first-order chi connectivity index (χ1) is 8.61. The van der Waals surface area contributed by atoms with Crippen LogP contribution in [-0.4, -0.2) is 33.1 Å². The Hall–Kier alpha value is -1.56. The Bertz CT molecular complexity index is 460. The fraction of sp³-hybridized carbons (Fsp3) is 0.692. The lowest BCUT2D eigenvalue weighted by Gasteiger charge is -2.20. The number of nitrogens with one attached hydrogen (secondary N) is 1. The Morgan fingerprint density at radius 1 is 1.47 bits per heavy atom. The van der Waals surface area contributed by atoms with Gasteiger partial charge in [0.2, 0.25) is 0 Å². The van der Waals surface area contributed by atoms with Gasteiger partial charge in [-0.25, -0.2) is 4.79 Å². The Kier molecular flexibility index (Phi) is 4.57. The van der Waals surface area contributed by atoms with Crippen LogP contribution < -0.4 is 5.32 Å². The van der Waals surface area contributed by atoms with Crippen molar-refractivity contribution in [3.63, 3.8) is 0 Å². The first-order valence-electron chi connectivity index (χ1n) is 6.27. The van der Waals surface area contributed by atoms with Crippen molar-refractivity contribution in [3.05, 3.63) is 17.0 Å². The predicted molar refractivity (Wildman–Crippen MR) is 71.9 cm³/mol. The molecule has 0 fully saturated rings. The van der Waals surface area contributed by atoms with Crippen molar-refractivity contribution in [2.45, 2.75) is 46.3 Å². The molecule has 2 N–H and O–H groups in total. The molecule has 1 amide bonds. The Morgan fingerprint density at radius 2 is 2.05 bits per heavy atom. The standard InChI is InChI=1S/C13H23N3O3/c1-8-11(9(2)16(6)15-8)10(17)7-14-12(18)19-13(3,4)5/h10,17H,7H2,1-6H3,(H,14,18). The van der Waals surface area contributed by atoms with Crippen molar-refractivity contribution in [2.24, 2.45) is 7.05 Å². The van der Waals surface area contributed by atoms with Crippen LogP contribution in [0.3, 0.4) is 0 Å². The molecular weight excluding hydrogens is 246 g/mol. The van der Waals surface area contributed by atoms with Crippen LogP contribution in [0, 0.1) is 13.8 Å². The van der Waals surface area contributed by atoms with E-state index in [0.717, 1.165) is 17.0 Å². The summed E-state index contributed by atoms with van der Waals surface area (Å²) in [6.07, 6.45) is -1.33. The van der Waals surface area contributed by atoms with E-state index in [0.29, 0.717) is 0 Å². The van der Waals surface area contributed by atoms with Gasteiger partial charge in [0.15, 0.2) is 0 Å². The molecule has 0 aliphatic carbocycles. The summed E-state index contributed by atoms with van der Waals surface area (Å²) in [6, 6.07) is 0. The summed E-state index contributed by atoms with van der Waals surface area (Å²) in [4.78, 5) is 11.5. The van der Waals surface area contributed by atoms with Gasteiger partial charge in [-0.05, 0) is 34.6 Å². The van der Waals surface area contributed by atoms with Gasteiger partial charge >= 0.3 is 6.09 Å². The van der Waals surface area contributed by atoms with E-state index < -0.39 is 17.8 Å². The zero-order valence-electron chi connectivity index (χ0n) is 12.4. The summed E-state index contributed by atoms with van der Waals surface area (Å²) >= 11 is 0. The van der Waals surface area contributed by atoms with Crippen molar-refractivity contribution < 1.29 is 14.6 Å². The monoisotopic (exact) mass is 269 g/mol. The number of aliphatic hydroxyl groups is 1. The summed E-state index contributed by atoms with van der Waals surface area (Å²) in [5.41, 5.74) is 1.85. The van der Waals surface area contributed by atoms with Crippen LogP contribution in [0.4, 0.5) is 4.79 Å². The molecule has 0 aliphatic heterocycles. The topological polar surface area (TPSA) is 76.4 Å². The fourth-order valence-corrected chi connectivity index (χ4v) is 1.87. The molecule has 6 heteroatoms. The summed E-state index contributed by atoms with van der Waals surface area (Å²) in [5, 5.41) is 16.9. The van der Waals surface area contributed by atoms with Crippen molar-refractivity contribution >= 4 is 6.09 Å². The van der Waals surface area contributed by atoms with Gasteiger partial charge < -0.3 is 15.2 Å². The molecule has 6 nitrogen and oxygen atoms in total. The lowest BCUT2D eigenvalue weighted by atomic mass is 10.1. The number of aliphatic hydroxyl groups excluding tert-OH is 1. The fourth-order valence-electron chi connectivity index (χ4n) is 1.87. The van der Waals surface area contributed by atoms with E-state index >= 15 is 0 Å². The third kappa shape index (κ3) is 4.24. The van der Waals surface area contributed by atoms with E-state index in [1.54, 1.807) is 25.5 Å². The molecule has 0 spiro atoms. The minimum Gasteiger partial charge on any atom is -0.444 e. The predicted octanol–water partition coefficient (Wildman–Crippen LogP) is 1.60. The number of ether oxygens (including phenoxy) is 1. The number of aryl methyl sites for hydroxylation is 2. The molecule has 0 saturated heterocycles. The van der Waals surface area contributed by atoms with Gasteiger partial charge in [-0.15, -0.1) is 0 Å². The lowest BCUT2D eigenvalue weighted by Crippen LogP contribution is -2.35.